The largest absolute Gasteiger partial charge is 0.506 e. The Morgan fingerprint density at radius 1 is 1.24 bits per heavy atom. The second kappa shape index (κ2) is 4.50. The Morgan fingerprint density at radius 3 is 2.29 bits per heavy atom. The summed E-state index contributed by atoms with van der Waals surface area (Å²) in [6, 6.07) is 4.52. The fraction of sp³-hybridized carbons (Fsp3) is 0. The van der Waals surface area contributed by atoms with E-state index in [2.05, 4.69) is 37.0 Å². The minimum absolute atomic E-state index is 0.0618. The van der Waals surface area contributed by atoms with Crippen LogP contribution < -0.4 is 0 Å². The van der Waals surface area contributed by atoms with Gasteiger partial charge in [-0.25, -0.2) is 4.79 Å². The van der Waals surface area contributed by atoms with Gasteiger partial charge in [-0.15, -0.1) is 0 Å². The molecule has 0 fully saturated rings. The first-order valence-electron chi connectivity index (χ1n) is 4.37. The van der Waals surface area contributed by atoms with Gasteiger partial charge in [-0.05, 0) is 44.0 Å². The highest BCUT2D eigenvalue weighted by atomic mass is 79.9. The summed E-state index contributed by atoms with van der Waals surface area (Å²) in [6.45, 7) is 0. The van der Waals surface area contributed by atoms with Gasteiger partial charge in [0.25, 0.3) is 0 Å². The zero-order valence-corrected chi connectivity index (χ0v) is 11.3. The summed E-state index contributed by atoms with van der Waals surface area (Å²) in [7, 11) is 0. The molecule has 2 N–H and O–H groups in total. The van der Waals surface area contributed by atoms with Crippen LogP contribution in [0.15, 0.2) is 31.7 Å². The van der Waals surface area contributed by atoms with Crippen molar-refractivity contribution in [2.24, 2.45) is 0 Å². The number of aromatic carboxylic acids is 1. The van der Waals surface area contributed by atoms with E-state index in [0.29, 0.717) is 20.3 Å². The van der Waals surface area contributed by atoms with E-state index in [4.69, 9.17) is 9.63 Å². The average molecular weight is 363 g/mol. The third-order valence-corrected chi connectivity index (χ3v) is 3.24. The molecule has 88 valence electrons. The van der Waals surface area contributed by atoms with E-state index in [9.17, 15) is 9.90 Å². The molecule has 17 heavy (non-hydrogen) atoms. The fourth-order valence-corrected chi connectivity index (χ4v) is 2.41. The number of halogens is 2. The highest BCUT2D eigenvalue weighted by molar-refractivity contribution is 9.11. The molecular formula is C10H5Br2NO4. The molecule has 0 saturated carbocycles. The predicted octanol–water partition coefficient (Wildman–Crippen LogP) is 3.27. The summed E-state index contributed by atoms with van der Waals surface area (Å²) in [5.41, 5.74) is 0.432. The SMILES string of the molecule is O=C(O)c1cc(-c2cc(Br)c(O)c(Br)c2)on1. The van der Waals surface area contributed by atoms with Crippen LogP contribution in [0.2, 0.25) is 0 Å². The molecule has 0 spiro atoms. The number of aromatic hydroxyl groups is 1. The van der Waals surface area contributed by atoms with E-state index in [0.717, 1.165) is 0 Å². The molecule has 0 radical (unpaired) electrons. The van der Waals surface area contributed by atoms with Gasteiger partial charge in [-0.2, -0.15) is 0 Å². The smallest absolute Gasteiger partial charge is 0.358 e. The first-order chi connectivity index (χ1) is 7.99. The summed E-state index contributed by atoms with van der Waals surface area (Å²) in [5.74, 6) is -0.785. The van der Waals surface area contributed by atoms with Crippen LogP contribution in [-0.4, -0.2) is 21.3 Å². The molecule has 1 aromatic carbocycles. The number of carbonyl (C=O) groups is 1. The maximum Gasteiger partial charge on any atom is 0.358 e. The molecule has 0 bridgehead atoms. The van der Waals surface area contributed by atoms with Crippen LogP contribution in [0.4, 0.5) is 0 Å². The quantitative estimate of drug-likeness (QED) is 0.856. The average Bonchev–Trinajstić information content (AvgIpc) is 2.74. The maximum atomic E-state index is 10.7. The van der Waals surface area contributed by atoms with Gasteiger partial charge in [0.1, 0.15) is 5.75 Å². The second-order valence-corrected chi connectivity index (χ2v) is 4.88. The molecule has 0 unspecified atom stereocenters. The lowest BCUT2D eigenvalue weighted by molar-refractivity contribution is 0.0686. The highest BCUT2D eigenvalue weighted by Gasteiger charge is 2.14. The summed E-state index contributed by atoms with van der Waals surface area (Å²) in [6.07, 6.45) is 0. The van der Waals surface area contributed by atoms with Gasteiger partial charge < -0.3 is 14.7 Å². The number of carboxylic acids is 1. The molecule has 0 aliphatic heterocycles. The van der Waals surface area contributed by atoms with Crippen LogP contribution in [0.5, 0.6) is 5.75 Å². The summed E-state index contributed by atoms with van der Waals surface area (Å²) < 4.78 is 5.84. The van der Waals surface area contributed by atoms with Crippen molar-refractivity contribution in [3.05, 3.63) is 32.8 Å². The van der Waals surface area contributed by atoms with Gasteiger partial charge in [0.15, 0.2) is 11.5 Å². The van der Waals surface area contributed by atoms with Gasteiger partial charge in [0.05, 0.1) is 8.95 Å². The molecule has 0 atom stereocenters. The van der Waals surface area contributed by atoms with Crippen LogP contribution >= 0.6 is 31.9 Å². The first kappa shape index (κ1) is 12.1. The number of rotatable bonds is 2. The van der Waals surface area contributed by atoms with Gasteiger partial charge in [0, 0.05) is 11.6 Å². The third-order valence-electron chi connectivity index (χ3n) is 2.03. The molecule has 2 aromatic rings. The number of hydrogen-bond donors (Lipinski definition) is 2. The molecule has 0 amide bonds. The normalized spacial score (nSPS) is 10.5. The first-order valence-corrected chi connectivity index (χ1v) is 5.96. The highest BCUT2D eigenvalue weighted by Crippen LogP contribution is 2.36. The molecule has 0 saturated heterocycles. The lowest BCUT2D eigenvalue weighted by atomic mass is 10.1. The Kier molecular flexibility index (Phi) is 3.21. The second-order valence-electron chi connectivity index (χ2n) is 3.17. The molecule has 0 aliphatic rings. The molecule has 5 nitrogen and oxygen atoms in total. The molecule has 1 heterocycles. The number of hydrogen-bond acceptors (Lipinski definition) is 4. The molecule has 7 heteroatoms. The monoisotopic (exact) mass is 361 g/mol. The number of carboxylic acid groups (broad SMARTS) is 1. The topological polar surface area (TPSA) is 83.6 Å². The van der Waals surface area contributed by atoms with Crippen molar-refractivity contribution in [3.8, 4) is 17.1 Å². The van der Waals surface area contributed by atoms with Crippen molar-refractivity contribution >= 4 is 37.8 Å². The minimum atomic E-state index is -1.16. The Bertz CT molecular complexity index is 571. The predicted molar refractivity (Wildman–Crippen MR) is 66.0 cm³/mol. The van der Waals surface area contributed by atoms with E-state index < -0.39 is 5.97 Å². The van der Waals surface area contributed by atoms with Crippen molar-refractivity contribution in [1.29, 1.82) is 0 Å². The van der Waals surface area contributed by atoms with Crippen molar-refractivity contribution < 1.29 is 19.5 Å². The van der Waals surface area contributed by atoms with Crippen molar-refractivity contribution in [1.82, 2.24) is 5.16 Å². The summed E-state index contributed by atoms with van der Waals surface area (Å²) in [5, 5.41) is 21.7. The number of phenols is 1. The Labute approximate surface area is 112 Å². The zero-order chi connectivity index (χ0) is 12.6. The number of phenolic OH excluding ortho intramolecular Hbond substituents is 1. The van der Waals surface area contributed by atoms with Gasteiger partial charge in [0.2, 0.25) is 0 Å². The summed E-state index contributed by atoms with van der Waals surface area (Å²) in [4.78, 5) is 10.7. The van der Waals surface area contributed by atoms with Gasteiger partial charge in [-0.1, -0.05) is 5.16 Å². The standard InChI is InChI=1S/C10H5Br2NO4/c11-5-1-4(2-6(12)9(5)14)8-3-7(10(15)16)13-17-8/h1-3,14H,(H,15,16). The van der Waals surface area contributed by atoms with E-state index in [-0.39, 0.29) is 11.4 Å². The number of benzene rings is 1. The maximum absolute atomic E-state index is 10.7. The van der Waals surface area contributed by atoms with Crippen LogP contribution in [0.3, 0.4) is 0 Å². The Balaban J connectivity index is 2.49. The van der Waals surface area contributed by atoms with Gasteiger partial charge >= 0.3 is 5.97 Å². The zero-order valence-electron chi connectivity index (χ0n) is 8.15. The summed E-state index contributed by atoms with van der Waals surface area (Å²) >= 11 is 6.34. The van der Waals surface area contributed by atoms with E-state index >= 15 is 0 Å². The number of aromatic nitrogens is 1. The van der Waals surface area contributed by atoms with Gasteiger partial charge in [-0.3, -0.25) is 0 Å². The lowest BCUT2D eigenvalue weighted by Gasteiger charge is -2.02. The van der Waals surface area contributed by atoms with E-state index in [1.54, 1.807) is 12.1 Å². The number of nitrogens with zero attached hydrogens (tertiary/aromatic N) is 1. The lowest BCUT2D eigenvalue weighted by Crippen LogP contribution is -1.94. The molecule has 2 rings (SSSR count). The fourth-order valence-electron chi connectivity index (χ4n) is 1.22. The molecular weight excluding hydrogens is 358 g/mol. The van der Waals surface area contributed by atoms with E-state index in [1.807, 2.05) is 0 Å². The van der Waals surface area contributed by atoms with Crippen molar-refractivity contribution in [2.75, 3.05) is 0 Å². The van der Waals surface area contributed by atoms with Crippen LogP contribution in [0, 0.1) is 0 Å². The van der Waals surface area contributed by atoms with Crippen LogP contribution in [0.25, 0.3) is 11.3 Å². The molecule has 1 aromatic heterocycles. The Hall–Kier alpha value is -1.34. The van der Waals surface area contributed by atoms with Crippen molar-refractivity contribution in [2.45, 2.75) is 0 Å². The third kappa shape index (κ3) is 2.34. The Morgan fingerprint density at radius 2 is 1.82 bits per heavy atom. The van der Waals surface area contributed by atoms with Crippen LogP contribution in [0.1, 0.15) is 10.5 Å². The van der Waals surface area contributed by atoms with E-state index in [1.165, 1.54) is 6.07 Å². The van der Waals surface area contributed by atoms with Crippen molar-refractivity contribution in [3.63, 3.8) is 0 Å². The van der Waals surface area contributed by atoms with Crippen LogP contribution in [-0.2, 0) is 0 Å². The molecule has 0 aliphatic carbocycles. The minimum Gasteiger partial charge on any atom is -0.506 e.